The summed E-state index contributed by atoms with van der Waals surface area (Å²) in [6.07, 6.45) is 2.00. The first-order chi connectivity index (χ1) is 13.3. The van der Waals surface area contributed by atoms with Gasteiger partial charge in [-0.05, 0) is 45.2 Å². The number of fused-ring (bicyclic) bond motifs is 4. The van der Waals surface area contributed by atoms with Gasteiger partial charge in [-0.1, -0.05) is 23.4 Å². The highest BCUT2D eigenvalue weighted by atomic mass is 16.5. The third kappa shape index (κ3) is 2.85. The minimum atomic E-state index is -0.864. The molecule has 0 saturated carbocycles. The molecule has 1 fully saturated rings. The van der Waals surface area contributed by atoms with E-state index in [0.29, 0.717) is 19.4 Å². The van der Waals surface area contributed by atoms with Crippen molar-refractivity contribution in [2.24, 2.45) is 11.7 Å². The number of ether oxygens (including phenoxy) is 1. The molecule has 0 spiro atoms. The van der Waals surface area contributed by atoms with Gasteiger partial charge in [0.25, 0.3) is 0 Å². The molecule has 0 radical (unpaired) electrons. The number of aryl methyl sites for hydroxylation is 2. The third-order valence-corrected chi connectivity index (χ3v) is 6.05. The Labute approximate surface area is 163 Å². The molecule has 2 aliphatic rings. The van der Waals surface area contributed by atoms with Crippen LogP contribution < -0.4 is 10.5 Å². The highest BCUT2D eigenvalue weighted by molar-refractivity contribution is 6.01. The van der Waals surface area contributed by atoms with E-state index in [1.165, 1.54) is 0 Å². The predicted octanol–water partition coefficient (Wildman–Crippen LogP) is 2.45. The minimum absolute atomic E-state index is 0.250. The van der Waals surface area contributed by atoms with E-state index in [9.17, 15) is 9.59 Å². The van der Waals surface area contributed by atoms with E-state index in [2.05, 4.69) is 5.16 Å². The Morgan fingerprint density at radius 3 is 2.79 bits per heavy atom. The molecule has 3 unspecified atom stereocenters. The first-order valence-corrected chi connectivity index (χ1v) is 9.62. The van der Waals surface area contributed by atoms with Crippen molar-refractivity contribution in [3.63, 3.8) is 0 Å². The lowest BCUT2D eigenvalue weighted by Crippen LogP contribution is -2.64. The Morgan fingerprint density at radius 2 is 2.11 bits per heavy atom. The average Bonchev–Trinajstić information content (AvgIpc) is 2.95. The number of hydrogen-bond acceptors (Lipinski definition) is 5. The number of likely N-dealkylation sites (tertiary alicyclic amines) is 1. The molecule has 1 aromatic carbocycles. The Balaban J connectivity index is 1.61. The van der Waals surface area contributed by atoms with E-state index < -0.39 is 17.6 Å². The summed E-state index contributed by atoms with van der Waals surface area (Å²) in [7, 11) is 0. The van der Waals surface area contributed by atoms with Crippen LogP contribution in [0.15, 0.2) is 28.8 Å². The van der Waals surface area contributed by atoms with E-state index in [1.807, 2.05) is 45.0 Å². The van der Waals surface area contributed by atoms with Crippen molar-refractivity contribution < 1.29 is 18.8 Å². The molecule has 2 bridgehead atoms. The normalized spacial score (nSPS) is 26.0. The Morgan fingerprint density at radius 1 is 1.36 bits per heavy atom. The highest BCUT2D eigenvalue weighted by Crippen LogP contribution is 2.50. The summed E-state index contributed by atoms with van der Waals surface area (Å²) in [5, 5.41) is 3.98. The lowest BCUT2D eigenvalue weighted by molar-refractivity contribution is -0.175. The van der Waals surface area contributed by atoms with Crippen molar-refractivity contribution >= 4 is 11.8 Å². The summed E-state index contributed by atoms with van der Waals surface area (Å²) in [6, 6.07) is 7.58. The number of nitrogens with zero attached hydrogens (tertiary/aromatic N) is 2. The summed E-state index contributed by atoms with van der Waals surface area (Å²) in [5.41, 5.74) is 7.68. The first kappa shape index (κ1) is 18.5. The number of hydrogen-bond donors (Lipinski definition) is 1. The lowest BCUT2D eigenvalue weighted by atomic mass is 9.73. The number of carbonyl (C=O) groups excluding carboxylic acids is 2. The number of amides is 2. The van der Waals surface area contributed by atoms with Gasteiger partial charge in [0.15, 0.2) is 5.72 Å². The zero-order valence-electron chi connectivity index (χ0n) is 16.4. The summed E-state index contributed by atoms with van der Waals surface area (Å²) in [4.78, 5) is 27.1. The molecule has 28 heavy (non-hydrogen) atoms. The number of nitrogens with two attached hydrogens (primary N) is 1. The van der Waals surface area contributed by atoms with E-state index in [0.717, 1.165) is 34.8 Å². The van der Waals surface area contributed by atoms with Crippen molar-refractivity contribution in [1.82, 2.24) is 10.1 Å². The largest absolute Gasteiger partial charge is 0.468 e. The third-order valence-electron chi connectivity index (χ3n) is 6.05. The summed E-state index contributed by atoms with van der Waals surface area (Å²) in [5.74, 6) is -0.428. The Kier molecular flexibility index (Phi) is 4.40. The van der Waals surface area contributed by atoms with Gasteiger partial charge >= 0.3 is 0 Å². The molecule has 0 aliphatic carbocycles. The molecule has 148 valence electrons. The van der Waals surface area contributed by atoms with Crippen molar-refractivity contribution in [1.29, 1.82) is 0 Å². The van der Waals surface area contributed by atoms with Gasteiger partial charge in [-0.25, -0.2) is 0 Å². The summed E-state index contributed by atoms with van der Waals surface area (Å²) >= 11 is 0. The monoisotopic (exact) mass is 383 g/mol. The molecule has 2 amide bonds. The number of primary amides is 1. The summed E-state index contributed by atoms with van der Waals surface area (Å²) in [6.45, 7) is 6.19. The predicted molar refractivity (Wildman–Crippen MR) is 102 cm³/mol. The minimum Gasteiger partial charge on any atom is -0.468 e. The van der Waals surface area contributed by atoms with Gasteiger partial charge in [0.2, 0.25) is 11.8 Å². The molecule has 1 aromatic heterocycles. The summed E-state index contributed by atoms with van der Waals surface area (Å²) < 4.78 is 11.5. The van der Waals surface area contributed by atoms with Crippen molar-refractivity contribution in [3.05, 3.63) is 46.8 Å². The number of benzene rings is 1. The Hall–Kier alpha value is -2.83. The molecule has 7 nitrogen and oxygen atoms in total. The van der Waals surface area contributed by atoms with Crippen LogP contribution in [0.3, 0.4) is 0 Å². The van der Waals surface area contributed by atoms with Crippen LogP contribution in [0, 0.1) is 19.8 Å². The van der Waals surface area contributed by atoms with Crippen molar-refractivity contribution in [2.45, 2.75) is 51.7 Å². The number of rotatable bonds is 5. The zero-order valence-corrected chi connectivity index (χ0v) is 16.4. The highest BCUT2D eigenvalue weighted by Gasteiger charge is 2.55. The number of piperidine rings is 1. The van der Waals surface area contributed by atoms with E-state index >= 15 is 0 Å². The molecule has 3 heterocycles. The molecule has 2 aromatic rings. The maximum absolute atomic E-state index is 13.2. The molecule has 2 N–H and O–H groups in total. The van der Waals surface area contributed by atoms with Crippen LogP contribution in [0.1, 0.15) is 48.3 Å². The number of para-hydroxylation sites is 1. The van der Waals surface area contributed by atoms with Crippen molar-refractivity contribution in [2.75, 3.05) is 6.54 Å². The second-order valence-corrected chi connectivity index (χ2v) is 7.90. The zero-order chi connectivity index (χ0) is 20.1. The molecular weight excluding hydrogens is 358 g/mol. The van der Waals surface area contributed by atoms with Crippen LogP contribution in [-0.2, 0) is 16.0 Å². The maximum Gasteiger partial charge on any atom is 0.238 e. The van der Waals surface area contributed by atoms with Crippen molar-refractivity contribution in [3.8, 4) is 5.75 Å². The van der Waals surface area contributed by atoms with Gasteiger partial charge in [-0.3, -0.25) is 9.59 Å². The van der Waals surface area contributed by atoms with Gasteiger partial charge in [-0.2, -0.15) is 0 Å². The van der Waals surface area contributed by atoms with Crippen LogP contribution in [-0.4, -0.2) is 34.1 Å². The average molecular weight is 383 g/mol. The van der Waals surface area contributed by atoms with E-state index in [4.69, 9.17) is 15.0 Å². The van der Waals surface area contributed by atoms with Crippen LogP contribution in [0.2, 0.25) is 0 Å². The van der Waals surface area contributed by atoms with Gasteiger partial charge in [0.1, 0.15) is 17.4 Å². The topological polar surface area (TPSA) is 98.7 Å². The SMILES string of the molecule is Cc1noc(C)c1CCCN1C(=O)C(C(N)=O)C2CC1(C)Oc1ccccc12. The van der Waals surface area contributed by atoms with Crippen LogP contribution in [0.25, 0.3) is 0 Å². The fourth-order valence-electron chi connectivity index (χ4n) is 4.65. The van der Waals surface area contributed by atoms with Crippen LogP contribution in [0.5, 0.6) is 5.75 Å². The number of carbonyl (C=O) groups is 2. The smallest absolute Gasteiger partial charge is 0.238 e. The molecule has 1 saturated heterocycles. The molecule has 2 aliphatic heterocycles. The molecule has 4 rings (SSSR count). The van der Waals surface area contributed by atoms with E-state index in [1.54, 1.807) is 4.90 Å². The van der Waals surface area contributed by atoms with Gasteiger partial charge in [0, 0.05) is 24.4 Å². The quantitative estimate of drug-likeness (QED) is 0.800. The van der Waals surface area contributed by atoms with Crippen LogP contribution in [0.4, 0.5) is 0 Å². The van der Waals surface area contributed by atoms with Gasteiger partial charge < -0.3 is 19.9 Å². The Bertz CT molecular complexity index is 918. The second-order valence-electron chi connectivity index (χ2n) is 7.90. The fraction of sp³-hybridized carbons (Fsp3) is 0.476. The molecule has 7 heteroatoms. The first-order valence-electron chi connectivity index (χ1n) is 9.62. The maximum atomic E-state index is 13.2. The standard InChI is InChI=1S/C21H25N3O4/c1-12-14(13(2)28-23-12)8-6-10-24-20(26)18(19(22)25)16-11-21(24,3)27-17-9-5-4-7-15(16)17/h4-5,7,9,16,18H,6,8,10-11H2,1-3H3,(H2,22,25). The van der Waals surface area contributed by atoms with Crippen LogP contribution >= 0.6 is 0 Å². The molecule has 3 atom stereocenters. The van der Waals surface area contributed by atoms with E-state index in [-0.39, 0.29) is 11.8 Å². The fourth-order valence-corrected chi connectivity index (χ4v) is 4.65. The number of aromatic nitrogens is 1. The lowest BCUT2D eigenvalue weighted by Gasteiger charge is -2.52. The second kappa shape index (κ2) is 6.65. The van der Waals surface area contributed by atoms with Gasteiger partial charge in [0.05, 0.1) is 5.69 Å². The molecular formula is C21H25N3O4. The van der Waals surface area contributed by atoms with Gasteiger partial charge in [-0.15, -0.1) is 0 Å².